The van der Waals surface area contributed by atoms with Gasteiger partial charge in [0.1, 0.15) is 53.9 Å². The van der Waals surface area contributed by atoms with Gasteiger partial charge in [0.2, 0.25) is 0 Å². The second-order valence-corrected chi connectivity index (χ2v) is 7.94. The summed E-state index contributed by atoms with van der Waals surface area (Å²) >= 11 is 0. The SMILES string of the molecule is OC[C@H]1O[C@@H](c2c(O)cc(O)c3c2O[C@H](c2ccc(O)c(O)c2)[C@H](O)C3)[C@H](O)C(O)[C@@H]1O. The quantitative estimate of drug-likeness (QED) is 0.260. The van der Waals surface area contributed by atoms with Gasteiger partial charge in [0, 0.05) is 18.1 Å². The summed E-state index contributed by atoms with van der Waals surface area (Å²) in [6, 6.07) is 4.77. The van der Waals surface area contributed by atoms with Gasteiger partial charge in [-0.3, -0.25) is 0 Å². The molecule has 0 aliphatic carbocycles. The maximum atomic E-state index is 10.6. The Balaban J connectivity index is 1.80. The van der Waals surface area contributed by atoms with E-state index in [1.54, 1.807) is 0 Å². The predicted octanol–water partition coefficient (Wildman–Crippen LogP) is -0.939. The van der Waals surface area contributed by atoms with E-state index in [0.717, 1.165) is 6.07 Å². The molecule has 9 N–H and O–H groups in total. The fraction of sp³-hybridized carbons (Fsp3) is 0.429. The summed E-state index contributed by atoms with van der Waals surface area (Å²) in [6.07, 6.45) is -10.2. The summed E-state index contributed by atoms with van der Waals surface area (Å²) in [5.74, 6) is -1.89. The zero-order chi connectivity index (χ0) is 23.3. The van der Waals surface area contributed by atoms with Crippen LogP contribution in [0.2, 0.25) is 0 Å². The minimum atomic E-state index is -1.72. The minimum Gasteiger partial charge on any atom is -0.507 e. The molecule has 32 heavy (non-hydrogen) atoms. The highest BCUT2D eigenvalue weighted by molar-refractivity contribution is 5.59. The van der Waals surface area contributed by atoms with Gasteiger partial charge in [-0.25, -0.2) is 0 Å². The van der Waals surface area contributed by atoms with Crippen LogP contribution in [-0.2, 0) is 11.2 Å². The Morgan fingerprint density at radius 1 is 0.781 bits per heavy atom. The average Bonchev–Trinajstić information content (AvgIpc) is 2.75. The topological polar surface area (TPSA) is 201 Å². The highest BCUT2D eigenvalue weighted by atomic mass is 16.5. The number of hydrogen-bond acceptors (Lipinski definition) is 11. The van der Waals surface area contributed by atoms with Gasteiger partial charge in [-0.2, -0.15) is 0 Å². The lowest BCUT2D eigenvalue weighted by Gasteiger charge is -2.42. The molecule has 2 aromatic carbocycles. The van der Waals surface area contributed by atoms with Crippen LogP contribution < -0.4 is 4.74 Å². The number of phenolic OH excluding ortho intramolecular Hbond substituents is 4. The van der Waals surface area contributed by atoms with E-state index in [4.69, 9.17) is 9.47 Å². The van der Waals surface area contributed by atoms with E-state index >= 15 is 0 Å². The fourth-order valence-electron chi connectivity index (χ4n) is 4.17. The van der Waals surface area contributed by atoms with Gasteiger partial charge in [-0.05, 0) is 17.7 Å². The van der Waals surface area contributed by atoms with Crippen molar-refractivity contribution in [3.63, 3.8) is 0 Å². The molecule has 2 aliphatic rings. The van der Waals surface area contributed by atoms with Crippen molar-refractivity contribution in [3.05, 3.63) is 41.0 Å². The Bertz CT molecular complexity index is 1010. The smallest absolute Gasteiger partial charge is 0.157 e. The van der Waals surface area contributed by atoms with Crippen molar-refractivity contribution in [1.29, 1.82) is 0 Å². The van der Waals surface area contributed by atoms with Crippen LogP contribution in [0.1, 0.15) is 28.9 Å². The molecule has 0 radical (unpaired) electrons. The third-order valence-corrected chi connectivity index (χ3v) is 5.89. The monoisotopic (exact) mass is 452 g/mol. The molecule has 2 aromatic rings. The highest BCUT2D eigenvalue weighted by Crippen LogP contribution is 2.50. The molecule has 0 aromatic heterocycles. The molecule has 0 amide bonds. The molecule has 1 unspecified atom stereocenters. The summed E-state index contributed by atoms with van der Waals surface area (Å²) in [7, 11) is 0. The van der Waals surface area contributed by atoms with Crippen molar-refractivity contribution in [3.8, 4) is 28.7 Å². The van der Waals surface area contributed by atoms with Gasteiger partial charge in [0.25, 0.3) is 0 Å². The molecule has 1 saturated heterocycles. The lowest BCUT2D eigenvalue weighted by molar-refractivity contribution is -0.232. The third-order valence-electron chi connectivity index (χ3n) is 5.89. The van der Waals surface area contributed by atoms with Gasteiger partial charge >= 0.3 is 0 Å². The van der Waals surface area contributed by atoms with Crippen LogP contribution in [0.15, 0.2) is 24.3 Å². The predicted molar refractivity (Wildman–Crippen MR) is 105 cm³/mol. The van der Waals surface area contributed by atoms with E-state index < -0.39 is 66.6 Å². The third kappa shape index (κ3) is 3.58. The van der Waals surface area contributed by atoms with Crippen molar-refractivity contribution >= 4 is 0 Å². The Kier molecular flexibility index (Phi) is 5.79. The first-order valence-corrected chi connectivity index (χ1v) is 9.88. The van der Waals surface area contributed by atoms with Gasteiger partial charge in [0.05, 0.1) is 18.3 Å². The zero-order valence-corrected chi connectivity index (χ0v) is 16.6. The summed E-state index contributed by atoms with van der Waals surface area (Å²) < 4.78 is 11.4. The lowest BCUT2D eigenvalue weighted by Crippen LogP contribution is -2.55. The number of fused-ring (bicyclic) bond motifs is 1. The second-order valence-electron chi connectivity index (χ2n) is 7.94. The van der Waals surface area contributed by atoms with Gasteiger partial charge in [0.15, 0.2) is 11.5 Å². The summed E-state index contributed by atoms with van der Waals surface area (Å²) in [6.45, 7) is -0.683. The molecular formula is C21H24O11. The van der Waals surface area contributed by atoms with E-state index in [2.05, 4.69) is 0 Å². The normalized spacial score (nSPS) is 32.2. The Morgan fingerprint density at radius 2 is 1.50 bits per heavy atom. The molecule has 11 heteroatoms. The van der Waals surface area contributed by atoms with E-state index in [-0.39, 0.29) is 34.6 Å². The van der Waals surface area contributed by atoms with E-state index in [1.165, 1.54) is 18.2 Å². The lowest BCUT2D eigenvalue weighted by atomic mass is 9.86. The van der Waals surface area contributed by atoms with Gasteiger partial charge in [-0.15, -0.1) is 0 Å². The van der Waals surface area contributed by atoms with Crippen LogP contribution in [0.5, 0.6) is 28.7 Å². The van der Waals surface area contributed by atoms with E-state index in [0.29, 0.717) is 0 Å². The van der Waals surface area contributed by atoms with Crippen LogP contribution >= 0.6 is 0 Å². The standard InChI is InChI=1S/C21H24O11/c22-6-14-16(28)17(29)18(30)21(31-14)15-12(26)5-10(24)8-4-13(27)19(32-20(8)15)7-1-2-9(23)11(25)3-7/h1-3,5,13-14,16-19,21-30H,4,6H2/t13-,14-,16-,17?,18-,19-,21+/m1/s1. The Labute approximate surface area is 181 Å². The molecule has 2 aliphatic heterocycles. The number of hydrogen-bond donors (Lipinski definition) is 9. The van der Waals surface area contributed by atoms with Crippen molar-refractivity contribution < 1.29 is 55.4 Å². The molecule has 1 fully saturated rings. The van der Waals surface area contributed by atoms with Crippen LogP contribution in [-0.4, -0.2) is 83.1 Å². The van der Waals surface area contributed by atoms with Crippen molar-refractivity contribution in [2.45, 2.75) is 49.1 Å². The number of aliphatic hydroxyl groups excluding tert-OH is 5. The van der Waals surface area contributed by atoms with Crippen molar-refractivity contribution in [1.82, 2.24) is 0 Å². The van der Waals surface area contributed by atoms with E-state index in [9.17, 15) is 46.0 Å². The first-order chi connectivity index (χ1) is 15.1. The minimum absolute atomic E-state index is 0.0986. The maximum absolute atomic E-state index is 10.6. The highest BCUT2D eigenvalue weighted by Gasteiger charge is 2.47. The molecule has 7 atom stereocenters. The molecule has 2 heterocycles. The maximum Gasteiger partial charge on any atom is 0.157 e. The second kappa shape index (κ2) is 8.28. The molecule has 174 valence electrons. The number of ether oxygens (including phenoxy) is 2. The largest absolute Gasteiger partial charge is 0.507 e. The first-order valence-electron chi connectivity index (χ1n) is 9.88. The number of rotatable bonds is 3. The van der Waals surface area contributed by atoms with Crippen LogP contribution in [0.3, 0.4) is 0 Å². The number of phenols is 4. The molecule has 0 saturated carbocycles. The number of benzene rings is 2. The summed E-state index contributed by atoms with van der Waals surface area (Å²) in [5, 5.41) is 91.0. The number of aliphatic hydroxyl groups is 5. The number of aromatic hydroxyl groups is 4. The fourth-order valence-corrected chi connectivity index (χ4v) is 4.17. The molecule has 11 nitrogen and oxygen atoms in total. The molecular weight excluding hydrogens is 428 g/mol. The van der Waals surface area contributed by atoms with Gasteiger partial charge < -0.3 is 55.4 Å². The van der Waals surface area contributed by atoms with E-state index in [1.807, 2.05) is 0 Å². The van der Waals surface area contributed by atoms with Crippen LogP contribution in [0.4, 0.5) is 0 Å². The molecule has 0 bridgehead atoms. The zero-order valence-electron chi connectivity index (χ0n) is 16.6. The molecule has 4 rings (SSSR count). The summed E-state index contributed by atoms with van der Waals surface area (Å²) in [5.41, 5.74) is 0.220. The Morgan fingerprint density at radius 3 is 2.16 bits per heavy atom. The van der Waals surface area contributed by atoms with Crippen LogP contribution in [0, 0.1) is 0 Å². The van der Waals surface area contributed by atoms with Crippen molar-refractivity contribution in [2.24, 2.45) is 0 Å². The Hall–Kier alpha value is -2.80. The first kappa shape index (κ1) is 22.4. The van der Waals surface area contributed by atoms with Crippen LogP contribution in [0.25, 0.3) is 0 Å². The average molecular weight is 452 g/mol. The molecule has 0 spiro atoms. The van der Waals surface area contributed by atoms with Gasteiger partial charge in [-0.1, -0.05) is 6.07 Å². The van der Waals surface area contributed by atoms with Crippen molar-refractivity contribution in [2.75, 3.05) is 6.61 Å². The summed E-state index contributed by atoms with van der Waals surface area (Å²) in [4.78, 5) is 0.